The fraction of sp³-hybridized carbons (Fsp3) is 0.0588. The quantitative estimate of drug-likeness (QED) is 0.162. The van der Waals surface area contributed by atoms with E-state index in [-0.39, 0.29) is 0 Å². The minimum atomic E-state index is -3.88. The molecule has 4 aliphatic rings. The van der Waals surface area contributed by atoms with Gasteiger partial charge < -0.3 is 0 Å². The molecule has 260 valence electrons. The Balaban J connectivity index is 1.30. The van der Waals surface area contributed by atoms with Crippen LogP contribution in [0.4, 0.5) is 34.1 Å². The van der Waals surface area contributed by atoms with Crippen molar-refractivity contribution in [3.8, 4) is 22.6 Å². The Bertz CT molecular complexity index is 3030. The molecule has 55 heavy (non-hydrogen) atoms. The molecule has 0 spiro atoms. The molecule has 4 heteroatoms. The molecule has 3 nitrogen and oxygen atoms in total. The van der Waals surface area contributed by atoms with E-state index in [2.05, 4.69) is 108 Å². The SMILES string of the molecule is [2H]c1ccc(N2c3cc([2H])cc4[c]3[Ge]3([CH2]C)[c]5c2cc([2H])cc5N(c2ccc([2H])cc2)c2cc5c(c([c]23)O4)-c2ccccc2C5(c2ccccc2)c2ccccc2)cc1. The van der Waals surface area contributed by atoms with Crippen molar-refractivity contribution in [3.63, 3.8) is 0 Å². The Morgan fingerprint density at radius 1 is 0.527 bits per heavy atom. The summed E-state index contributed by atoms with van der Waals surface area (Å²) in [5, 5.41) is 0.875. The van der Waals surface area contributed by atoms with Gasteiger partial charge in [-0.25, -0.2) is 0 Å². The van der Waals surface area contributed by atoms with Crippen molar-refractivity contribution in [2.45, 2.75) is 17.6 Å². The molecule has 3 aliphatic heterocycles. The fourth-order valence-corrected chi connectivity index (χ4v) is 21.9. The van der Waals surface area contributed by atoms with Crippen molar-refractivity contribution >= 4 is 60.6 Å². The van der Waals surface area contributed by atoms with Gasteiger partial charge in [-0.1, -0.05) is 0 Å². The zero-order chi connectivity index (χ0) is 39.8. The molecule has 3 heterocycles. The summed E-state index contributed by atoms with van der Waals surface area (Å²) in [6, 6.07) is 57.7. The van der Waals surface area contributed by atoms with Gasteiger partial charge in [0.15, 0.2) is 0 Å². The average Bonchev–Trinajstić information content (AvgIpc) is 3.56. The van der Waals surface area contributed by atoms with Gasteiger partial charge >= 0.3 is 331 Å². The fourth-order valence-electron chi connectivity index (χ4n) is 10.5. The number of ether oxygens (including phenoxy) is 1. The molecule has 1 atom stereocenters. The van der Waals surface area contributed by atoms with Crippen LogP contribution in [0.25, 0.3) is 11.1 Å². The average molecular weight is 769 g/mol. The number of fused-ring (bicyclic) bond motifs is 4. The summed E-state index contributed by atoms with van der Waals surface area (Å²) < 4.78 is 46.8. The number of benzene rings is 8. The number of para-hydroxylation sites is 2. The molecular formula is C51H36GeN2O. The molecule has 1 aliphatic carbocycles. The van der Waals surface area contributed by atoms with E-state index in [9.17, 15) is 2.74 Å². The van der Waals surface area contributed by atoms with Crippen LogP contribution in [0.15, 0.2) is 188 Å². The van der Waals surface area contributed by atoms with Crippen molar-refractivity contribution in [1.82, 2.24) is 0 Å². The third-order valence-electron chi connectivity index (χ3n) is 12.5. The summed E-state index contributed by atoms with van der Waals surface area (Å²) in [4.78, 5) is 4.54. The first-order chi connectivity index (χ1) is 28.8. The molecule has 12 rings (SSSR count). The van der Waals surface area contributed by atoms with Gasteiger partial charge in [0.05, 0.1) is 0 Å². The Hall–Kier alpha value is -6.30. The van der Waals surface area contributed by atoms with Crippen LogP contribution in [0.2, 0.25) is 5.25 Å². The van der Waals surface area contributed by atoms with Crippen LogP contribution in [0, 0.1) is 0 Å². The van der Waals surface area contributed by atoms with Crippen molar-refractivity contribution in [2.24, 2.45) is 0 Å². The molecule has 0 N–H and O–H groups in total. The van der Waals surface area contributed by atoms with E-state index >= 15 is 0 Å². The number of hydrogen-bond acceptors (Lipinski definition) is 3. The van der Waals surface area contributed by atoms with Gasteiger partial charge in [-0.15, -0.1) is 0 Å². The molecule has 0 fully saturated rings. The van der Waals surface area contributed by atoms with Crippen LogP contribution in [0.5, 0.6) is 11.5 Å². The second-order valence-electron chi connectivity index (χ2n) is 14.8. The zero-order valence-corrected chi connectivity index (χ0v) is 32.2. The Kier molecular flexibility index (Phi) is 5.64. The van der Waals surface area contributed by atoms with Gasteiger partial charge in [-0.3, -0.25) is 0 Å². The van der Waals surface area contributed by atoms with Crippen LogP contribution in [0.3, 0.4) is 0 Å². The molecule has 1 unspecified atom stereocenters. The van der Waals surface area contributed by atoms with Crippen molar-refractivity contribution < 1.29 is 10.2 Å². The second-order valence-corrected chi connectivity index (χ2v) is 23.2. The maximum atomic E-state index is 9.47. The number of rotatable bonds is 5. The summed E-state index contributed by atoms with van der Waals surface area (Å²) in [5.74, 6) is 1.60. The normalized spacial score (nSPS) is 18.2. The van der Waals surface area contributed by atoms with E-state index in [1.54, 1.807) is 12.1 Å². The van der Waals surface area contributed by atoms with E-state index in [0.29, 0.717) is 24.2 Å². The van der Waals surface area contributed by atoms with Gasteiger partial charge in [-0.05, 0) is 0 Å². The van der Waals surface area contributed by atoms with Crippen molar-refractivity contribution in [1.29, 1.82) is 0 Å². The summed E-state index contributed by atoms with van der Waals surface area (Å²) >= 11 is -3.88. The summed E-state index contributed by atoms with van der Waals surface area (Å²) in [5.41, 5.74) is 11.8. The number of nitrogens with zero attached hydrogens (tertiary/aromatic N) is 2. The van der Waals surface area contributed by atoms with E-state index in [1.165, 1.54) is 18.8 Å². The first kappa shape index (κ1) is 27.3. The Morgan fingerprint density at radius 3 is 1.69 bits per heavy atom. The van der Waals surface area contributed by atoms with Crippen LogP contribution < -0.4 is 27.7 Å². The topological polar surface area (TPSA) is 15.7 Å². The minimum absolute atomic E-state index is 0.354. The zero-order valence-electron chi connectivity index (χ0n) is 34.1. The van der Waals surface area contributed by atoms with E-state index in [1.807, 2.05) is 60.7 Å². The first-order valence-electron chi connectivity index (χ1n) is 21.0. The van der Waals surface area contributed by atoms with Crippen LogP contribution in [-0.4, -0.2) is 13.3 Å². The Labute approximate surface area is 329 Å². The Morgan fingerprint density at radius 2 is 1.07 bits per heavy atom. The van der Waals surface area contributed by atoms with Crippen LogP contribution in [-0.2, 0) is 5.41 Å². The van der Waals surface area contributed by atoms with Gasteiger partial charge in [0, 0.05) is 0 Å². The molecule has 0 saturated carbocycles. The molecule has 0 saturated heterocycles. The summed E-state index contributed by atoms with van der Waals surface area (Å²) in [6.45, 7) is 2.33. The van der Waals surface area contributed by atoms with Gasteiger partial charge in [0.2, 0.25) is 0 Å². The van der Waals surface area contributed by atoms with Gasteiger partial charge in [0.25, 0.3) is 0 Å². The molecule has 0 radical (unpaired) electrons. The third-order valence-corrected chi connectivity index (χ3v) is 23.2. The third kappa shape index (κ3) is 3.81. The summed E-state index contributed by atoms with van der Waals surface area (Å²) in [6.07, 6.45) is 0. The van der Waals surface area contributed by atoms with E-state index in [4.69, 9.17) is 7.48 Å². The van der Waals surface area contributed by atoms with Crippen molar-refractivity contribution in [2.75, 3.05) is 9.80 Å². The van der Waals surface area contributed by atoms with Gasteiger partial charge in [-0.2, -0.15) is 0 Å². The first-order valence-corrected chi connectivity index (χ1v) is 23.6. The maximum absolute atomic E-state index is 9.47. The van der Waals surface area contributed by atoms with Crippen LogP contribution >= 0.6 is 0 Å². The second kappa shape index (κ2) is 11.4. The van der Waals surface area contributed by atoms with E-state index in [0.717, 1.165) is 78.7 Å². The number of anilines is 6. The monoisotopic (exact) mass is 770 g/mol. The predicted octanol–water partition coefficient (Wildman–Crippen LogP) is 11.2. The molecule has 8 aromatic rings. The molecule has 8 aromatic carbocycles. The predicted molar refractivity (Wildman–Crippen MR) is 228 cm³/mol. The molecule has 0 bridgehead atoms. The molecular weight excluding hydrogens is 729 g/mol. The van der Waals surface area contributed by atoms with Crippen molar-refractivity contribution in [3.05, 3.63) is 210 Å². The van der Waals surface area contributed by atoms with Gasteiger partial charge in [0.1, 0.15) is 0 Å². The van der Waals surface area contributed by atoms with E-state index < -0.39 is 18.7 Å². The van der Waals surface area contributed by atoms with Crippen LogP contribution in [0.1, 0.15) is 34.7 Å². The molecule has 0 amide bonds. The molecule has 0 aromatic heterocycles. The standard InChI is InChI=1S/C51H36GeN2O/c1-2-52-47-41-29-17-30-42(47)54(37-25-13-6-14-26-37)44-33-40-46(50(49(44)52)55-45-32-18-31-43(48(45)52)53(41)36-23-11-5-12-24-36)38-27-15-16-28-39(38)51(40,34-19-7-3-8-20-34)35-21-9-4-10-22-35/h3-33H,2H2,1H3/i5D,6D,17D,18D. The number of hydrogen-bond donors (Lipinski definition) is 0. The summed E-state index contributed by atoms with van der Waals surface area (Å²) in [7, 11) is 0.